The lowest BCUT2D eigenvalue weighted by atomic mass is 10.3. The van der Waals surface area contributed by atoms with Crippen LogP contribution < -0.4 is 22.1 Å². The zero-order chi connectivity index (χ0) is 10.4. The smallest absolute Gasteiger partial charge is 0.328 e. The summed E-state index contributed by atoms with van der Waals surface area (Å²) >= 11 is 0. The van der Waals surface area contributed by atoms with Gasteiger partial charge in [-0.05, 0) is 0 Å². The number of nitrogens with one attached hydrogen (secondary N) is 2. The Morgan fingerprint density at radius 2 is 1.38 bits per heavy atom. The fourth-order valence-corrected chi connectivity index (χ4v) is 0.519. The Kier molecular flexibility index (Phi) is 3.93. The Hall–Kier alpha value is -2.12. The van der Waals surface area contributed by atoms with Gasteiger partial charge in [-0.15, -0.1) is 0 Å². The van der Waals surface area contributed by atoms with Crippen LogP contribution in [0.2, 0.25) is 0 Å². The third kappa shape index (κ3) is 6.28. The summed E-state index contributed by atoms with van der Waals surface area (Å²) in [6, 6.07) is -1.57. The third-order valence-electron chi connectivity index (χ3n) is 0.827. The van der Waals surface area contributed by atoms with Crippen LogP contribution in [0.4, 0.5) is 9.59 Å². The second-order valence-corrected chi connectivity index (χ2v) is 2.00. The molecule has 1 rings (SSSR count). The maximum Gasteiger partial charge on any atom is 0.328 e. The van der Waals surface area contributed by atoms with E-state index in [1.165, 1.54) is 0 Å². The Morgan fingerprint density at radius 3 is 1.62 bits per heavy atom. The molecule has 0 bridgehead atoms. The molecular formula is C5H8N4O4. The van der Waals surface area contributed by atoms with Crippen molar-refractivity contribution in [1.82, 2.24) is 10.6 Å². The first-order valence-electron chi connectivity index (χ1n) is 3.10. The van der Waals surface area contributed by atoms with E-state index in [4.69, 9.17) is 4.79 Å². The largest absolute Gasteiger partial charge is 0.352 e. The zero-order valence-corrected chi connectivity index (χ0v) is 6.49. The van der Waals surface area contributed by atoms with E-state index in [0.29, 0.717) is 0 Å². The molecule has 6 N–H and O–H groups in total. The minimum atomic E-state index is -0.833. The summed E-state index contributed by atoms with van der Waals surface area (Å²) in [6.07, 6.45) is -0.258. The topological polar surface area (TPSA) is 144 Å². The molecule has 0 aromatic heterocycles. The van der Waals surface area contributed by atoms with E-state index in [1.54, 1.807) is 0 Å². The molecule has 0 radical (unpaired) electrons. The SMILES string of the molecule is NC(N)=O.O=C1CC(=O)NC(=O)N1. The van der Waals surface area contributed by atoms with Crippen LogP contribution in [0, 0.1) is 0 Å². The van der Waals surface area contributed by atoms with Crippen molar-refractivity contribution in [3.05, 3.63) is 0 Å². The molecule has 0 unspecified atom stereocenters. The fourth-order valence-electron chi connectivity index (χ4n) is 0.519. The standard InChI is InChI=1S/C4H4N2O3.CH4N2O/c7-2-1-3(8)6-4(9)5-2;2-1(3)4/h1H2,(H2,5,6,7,8,9);(H4,2,3,4). The highest BCUT2D eigenvalue weighted by Gasteiger charge is 2.20. The summed E-state index contributed by atoms with van der Waals surface area (Å²) in [5.74, 6) is -1.10. The van der Waals surface area contributed by atoms with Crippen molar-refractivity contribution in [3.63, 3.8) is 0 Å². The summed E-state index contributed by atoms with van der Waals surface area (Å²) in [6.45, 7) is 0. The molecule has 1 heterocycles. The number of urea groups is 2. The van der Waals surface area contributed by atoms with Gasteiger partial charge in [0.1, 0.15) is 6.42 Å². The van der Waals surface area contributed by atoms with E-state index >= 15 is 0 Å². The number of hydrogen-bond acceptors (Lipinski definition) is 4. The van der Waals surface area contributed by atoms with Crippen molar-refractivity contribution >= 4 is 23.9 Å². The Morgan fingerprint density at radius 1 is 1.08 bits per heavy atom. The van der Waals surface area contributed by atoms with Crippen LogP contribution in [0.15, 0.2) is 0 Å². The molecule has 0 aromatic rings. The minimum Gasteiger partial charge on any atom is -0.352 e. The highest BCUT2D eigenvalue weighted by Crippen LogP contribution is 1.85. The molecule has 1 saturated heterocycles. The van der Waals surface area contributed by atoms with Crippen molar-refractivity contribution in [1.29, 1.82) is 0 Å². The molecule has 6 amide bonds. The van der Waals surface area contributed by atoms with E-state index in [9.17, 15) is 14.4 Å². The Labute approximate surface area is 72.6 Å². The average molecular weight is 188 g/mol. The first kappa shape index (κ1) is 10.9. The summed E-state index contributed by atoms with van der Waals surface area (Å²) in [5.41, 5.74) is 8.50. The number of rotatable bonds is 0. The van der Waals surface area contributed by atoms with Crippen LogP contribution >= 0.6 is 0 Å². The number of carbonyl (C=O) groups excluding carboxylic acids is 4. The highest BCUT2D eigenvalue weighted by atomic mass is 16.2. The molecule has 1 aliphatic rings. The van der Waals surface area contributed by atoms with Crippen LogP contribution in [-0.4, -0.2) is 23.9 Å². The number of barbiturate groups is 1. The Bertz CT molecular complexity index is 212. The van der Waals surface area contributed by atoms with Gasteiger partial charge < -0.3 is 11.5 Å². The van der Waals surface area contributed by atoms with E-state index in [0.717, 1.165) is 0 Å². The molecular weight excluding hydrogens is 180 g/mol. The van der Waals surface area contributed by atoms with Gasteiger partial charge in [0, 0.05) is 0 Å². The normalized spacial score (nSPS) is 14.9. The van der Waals surface area contributed by atoms with Crippen LogP contribution in [0.3, 0.4) is 0 Å². The van der Waals surface area contributed by atoms with Crippen molar-refractivity contribution in [2.24, 2.45) is 11.5 Å². The summed E-state index contributed by atoms with van der Waals surface area (Å²) in [7, 11) is 0. The number of imide groups is 2. The molecule has 1 fully saturated rings. The molecule has 0 atom stereocenters. The summed E-state index contributed by atoms with van der Waals surface area (Å²) < 4.78 is 0. The van der Waals surface area contributed by atoms with Gasteiger partial charge >= 0.3 is 12.1 Å². The van der Waals surface area contributed by atoms with Crippen LogP contribution in [0.5, 0.6) is 0 Å². The lowest BCUT2D eigenvalue weighted by molar-refractivity contribution is -0.129. The molecule has 13 heavy (non-hydrogen) atoms. The van der Waals surface area contributed by atoms with Gasteiger partial charge in [-0.3, -0.25) is 20.2 Å². The molecule has 0 saturated carbocycles. The number of carbonyl (C=O) groups is 4. The molecule has 8 nitrogen and oxygen atoms in total. The number of amides is 6. The van der Waals surface area contributed by atoms with Gasteiger partial charge in [0.05, 0.1) is 0 Å². The second kappa shape index (κ2) is 4.70. The first-order chi connectivity index (χ1) is 5.91. The van der Waals surface area contributed by atoms with Crippen LogP contribution in [0.25, 0.3) is 0 Å². The maximum atomic E-state index is 10.3. The second-order valence-electron chi connectivity index (χ2n) is 2.00. The van der Waals surface area contributed by atoms with Gasteiger partial charge in [0.2, 0.25) is 11.8 Å². The predicted octanol–water partition coefficient (Wildman–Crippen LogP) is -2.23. The van der Waals surface area contributed by atoms with E-state index in [1.807, 2.05) is 10.6 Å². The first-order valence-corrected chi connectivity index (χ1v) is 3.10. The van der Waals surface area contributed by atoms with Crippen molar-refractivity contribution < 1.29 is 19.2 Å². The lowest BCUT2D eigenvalue weighted by Gasteiger charge is -2.09. The lowest BCUT2D eigenvalue weighted by Crippen LogP contribution is -2.49. The maximum absolute atomic E-state index is 10.3. The van der Waals surface area contributed by atoms with Crippen LogP contribution in [-0.2, 0) is 9.59 Å². The summed E-state index contributed by atoms with van der Waals surface area (Å²) in [4.78, 5) is 39.8. The molecule has 72 valence electrons. The Balaban J connectivity index is 0.000000310. The van der Waals surface area contributed by atoms with Crippen molar-refractivity contribution in [3.8, 4) is 0 Å². The predicted molar refractivity (Wildman–Crippen MR) is 40.1 cm³/mol. The highest BCUT2D eigenvalue weighted by molar-refractivity contribution is 6.14. The van der Waals surface area contributed by atoms with Gasteiger partial charge in [-0.2, -0.15) is 0 Å². The molecule has 0 aromatic carbocycles. The average Bonchev–Trinajstić information content (AvgIpc) is 1.80. The van der Waals surface area contributed by atoms with Crippen LogP contribution in [0.1, 0.15) is 6.42 Å². The van der Waals surface area contributed by atoms with E-state index in [2.05, 4.69) is 11.5 Å². The zero-order valence-electron chi connectivity index (χ0n) is 6.49. The molecule has 0 spiro atoms. The quantitative estimate of drug-likeness (QED) is 0.318. The number of hydrogen-bond donors (Lipinski definition) is 4. The number of primary amides is 2. The van der Waals surface area contributed by atoms with Gasteiger partial charge in [0.25, 0.3) is 0 Å². The molecule has 0 aliphatic carbocycles. The monoisotopic (exact) mass is 188 g/mol. The van der Waals surface area contributed by atoms with E-state index in [-0.39, 0.29) is 6.42 Å². The minimum absolute atomic E-state index is 0.258. The summed E-state index contributed by atoms with van der Waals surface area (Å²) in [5, 5.41) is 3.80. The fraction of sp³-hybridized carbons (Fsp3) is 0.200. The van der Waals surface area contributed by atoms with Gasteiger partial charge in [-0.25, -0.2) is 9.59 Å². The molecule has 1 aliphatic heterocycles. The number of nitrogens with two attached hydrogens (primary N) is 2. The molecule has 8 heteroatoms. The van der Waals surface area contributed by atoms with Gasteiger partial charge in [-0.1, -0.05) is 0 Å². The van der Waals surface area contributed by atoms with E-state index < -0.39 is 23.9 Å². The van der Waals surface area contributed by atoms with Crippen molar-refractivity contribution in [2.75, 3.05) is 0 Å². The third-order valence-corrected chi connectivity index (χ3v) is 0.827. The van der Waals surface area contributed by atoms with Crippen molar-refractivity contribution in [2.45, 2.75) is 6.42 Å². The van der Waals surface area contributed by atoms with Gasteiger partial charge in [0.15, 0.2) is 0 Å².